The van der Waals surface area contributed by atoms with Gasteiger partial charge < -0.3 is 10.2 Å². The van der Waals surface area contributed by atoms with Crippen molar-refractivity contribution in [1.29, 1.82) is 0 Å². The van der Waals surface area contributed by atoms with Gasteiger partial charge >= 0.3 is 0 Å². The second-order valence-electron chi connectivity index (χ2n) is 5.45. The minimum Gasteiger partial charge on any atom is -0.357 e. The molecule has 1 saturated heterocycles. The predicted molar refractivity (Wildman–Crippen MR) is 84.8 cm³/mol. The number of aromatic nitrogens is 2. The van der Waals surface area contributed by atoms with Crippen LogP contribution in [0.5, 0.6) is 0 Å². The fraction of sp³-hybridized carbons (Fsp3) is 0.667. The third kappa shape index (κ3) is 3.46. The highest BCUT2D eigenvalue weighted by Gasteiger charge is 2.30. The van der Waals surface area contributed by atoms with Gasteiger partial charge in [0.15, 0.2) is 0 Å². The van der Waals surface area contributed by atoms with Crippen LogP contribution in [-0.2, 0) is 11.2 Å². The molecule has 1 N–H and O–H groups in total. The van der Waals surface area contributed by atoms with E-state index in [4.69, 9.17) is 11.6 Å². The van der Waals surface area contributed by atoms with Gasteiger partial charge in [0.25, 0.3) is 0 Å². The summed E-state index contributed by atoms with van der Waals surface area (Å²) < 4.78 is 0. The number of carbonyl (C=O) groups excluding carboxylic acids is 1. The first kappa shape index (κ1) is 16.0. The molecule has 116 valence electrons. The van der Waals surface area contributed by atoms with E-state index in [1.54, 1.807) is 7.05 Å². The predicted octanol–water partition coefficient (Wildman–Crippen LogP) is 2.50. The number of halogens is 1. The lowest BCUT2D eigenvalue weighted by atomic mass is 10.0. The Kier molecular flexibility index (Phi) is 5.39. The van der Waals surface area contributed by atoms with Gasteiger partial charge in [0.1, 0.15) is 22.8 Å². The molecule has 1 aromatic rings. The SMILES string of the molecule is CCCc1nc(Cl)c(C)c(N2CCCCC2C(=O)NC)n1. The number of likely N-dealkylation sites (N-methyl/N-ethyl adjacent to an activating group) is 1. The second kappa shape index (κ2) is 7.07. The first-order valence-corrected chi connectivity index (χ1v) is 7.97. The van der Waals surface area contributed by atoms with E-state index in [1.807, 2.05) is 6.92 Å². The van der Waals surface area contributed by atoms with E-state index >= 15 is 0 Å². The summed E-state index contributed by atoms with van der Waals surface area (Å²) in [4.78, 5) is 23.2. The number of rotatable bonds is 4. The van der Waals surface area contributed by atoms with Crippen LogP contribution in [0.3, 0.4) is 0 Å². The highest BCUT2D eigenvalue weighted by atomic mass is 35.5. The Labute approximate surface area is 131 Å². The molecule has 0 aromatic carbocycles. The number of nitrogens with one attached hydrogen (secondary N) is 1. The molecule has 0 radical (unpaired) electrons. The van der Waals surface area contributed by atoms with Crippen LogP contribution in [0.4, 0.5) is 5.82 Å². The molecule has 1 atom stereocenters. The van der Waals surface area contributed by atoms with Crippen molar-refractivity contribution >= 4 is 23.3 Å². The summed E-state index contributed by atoms with van der Waals surface area (Å²) in [5, 5.41) is 3.24. The van der Waals surface area contributed by atoms with E-state index in [2.05, 4.69) is 27.1 Å². The number of nitrogens with zero attached hydrogens (tertiary/aromatic N) is 3. The summed E-state index contributed by atoms with van der Waals surface area (Å²) >= 11 is 6.26. The first-order valence-electron chi connectivity index (χ1n) is 7.59. The quantitative estimate of drug-likeness (QED) is 0.868. The Bertz CT molecular complexity index is 521. The van der Waals surface area contributed by atoms with Gasteiger partial charge in [0, 0.05) is 25.6 Å². The molecule has 1 aliphatic rings. The first-order chi connectivity index (χ1) is 10.1. The lowest BCUT2D eigenvalue weighted by Crippen LogP contribution is -2.49. The van der Waals surface area contributed by atoms with Gasteiger partial charge in [-0.15, -0.1) is 0 Å². The van der Waals surface area contributed by atoms with Crippen molar-refractivity contribution in [1.82, 2.24) is 15.3 Å². The maximum absolute atomic E-state index is 12.1. The molecule has 1 aromatic heterocycles. The maximum atomic E-state index is 12.1. The molecule has 0 bridgehead atoms. The summed E-state index contributed by atoms with van der Waals surface area (Å²) in [5.41, 5.74) is 0.854. The van der Waals surface area contributed by atoms with Gasteiger partial charge in [0.2, 0.25) is 5.91 Å². The molecular formula is C15H23ClN4O. The molecule has 2 heterocycles. The lowest BCUT2D eigenvalue weighted by Gasteiger charge is -2.36. The van der Waals surface area contributed by atoms with Crippen molar-refractivity contribution < 1.29 is 4.79 Å². The molecule has 21 heavy (non-hydrogen) atoms. The maximum Gasteiger partial charge on any atom is 0.242 e. The van der Waals surface area contributed by atoms with Crippen LogP contribution in [0.15, 0.2) is 0 Å². The molecule has 2 rings (SSSR count). The van der Waals surface area contributed by atoms with Crippen LogP contribution in [-0.4, -0.2) is 35.5 Å². The highest BCUT2D eigenvalue weighted by Crippen LogP contribution is 2.29. The van der Waals surface area contributed by atoms with E-state index in [-0.39, 0.29) is 11.9 Å². The highest BCUT2D eigenvalue weighted by molar-refractivity contribution is 6.30. The Morgan fingerprint density at radius 1 is 1.43 bits per heavy atom. The number of amides is 1. The molecular weight excluding hydrogens is 288 g/mol. The fourth-order valence-corrected chi connectivity index (χ4v) is 2.94. The standard InChI is InChI=1S/C15H23ClN4O/c1-4-7-12-18-13(16)10(2)14(19-12)20-9-6-5-8-11(20)15(21)17-3/h11H,4-9H2,1-3H3,(H,17,21). The van der Waals surface area contributed by atoms with Crippen molar-refractivity contribution in [3.63, 3.8) is 0 Å². The Balaban J connectivity index is 2.39. The lowest BCUT2D eigenvalue weighted by molar-refractivity contribution is -0.122. The van der Waals surface area contributed by atoms with E-state index in [0.717, 1.165) is 55.9 Å². The molecule has 0 spiro atoms. The molecule has 6 heteroatoms. The van der Waals surface area contributed by atoms with E-state index in [9.17, 15) is 4.79 Å². The Morgan fingerprint density at radius 3 is 2.86 bits per heavy atom. The van der Waals surface area contributed by atoms with Crippen LogP contribution in [0, 0.1) is 6.92 Å². The van der Waals surface area contributed by atoms with Gasteiger partial charge in [-0.05, 0) is 32.6 Å². The number of hydrogen-bond acceptors (Lipinski definition) is 4. The van der Waals surface area contributed by atoms with Crippen LogP contribution in [0.2, 0.25) is 5.15 Å². The van der Waals surface area contributed by atoms with E-state index in [0.29, 0.717) is 5.15 Å². The average molecular weight is 311 g/mol. The minimum atomic E-state index is -0.164. The molecule has 0 aliphatic carbocycles. The topological polar surface area (TPSA) is 58.1 Å². The zero-order valence-corrected chi connectivity index (χ0v) is 13.7. The largest absolute Gasteiger partial charge is 0.357 e. The van der Waals surface area contributed by atoms with Gasteiger partial charge in [0.05, 0.1) is 0 Å². The van der Waals surface area contributed by atoms with Gasteiger partial charge in [-0.1, -0.05) is 18.5 Å². The molecule has 1 unspecified atom stereocenters. The summed E-state index contributed by atoms with van der Waals surface area (Å²) in [7, 11) is 1.68. The van der Waals surface area contributed by atoms with E-state index in [1.165, 1.54) is 0 Å². The summed E-state index contributed by atoms with van der Waals surface area (Å²) in [6.45, 7) is 4.84. The zero-order valence-electron chi connectivity index (χ0n) is 12.9. The normalized spacial score (nSPS) is 18.7. The van der Waals surface area contributed by atoms with Crippen molar-refractivity contribution in [2.45, 2.75) is 52.0 Å². The molecule has 1 amide bonds. The monoisotopic (exact) mass is 310 g/mol. The third-order valence-electron chi connectivity index (χ3n) is 3.90. The zero-order chi connectivity index (χ0) is 15.4. The van der Waals surface area contributed by atoms with Crippen molar-refractivity contribution in [2.75, 3.05) is 18.5 Å². The number of carbonyl (C=O) groups is 1. The van der Waals surface area contributed by atoms with Crippen molar-refractivity contribution in [2.24, 2.45) is 0 Å². The van der Waals surface area contributed by atoms with Crippen molar-refractivity contribution in [3.05, 3.63) is 16.5 Å². The van der Waals surface area contributed by atoms with Crippen LogP contribution in [0.25, 0.3) is 0 Å². The Hall–Kier alpha value is -1.36. The van der Waals surface area contributed by atoms with Crippen LogP contribution < -0.4 is 10.2 Å². The summed E-state index contributed by atoms with van der Waals surface area (Å²) in [6.07, 6.45) is 4.75. The molecule has 0 saturated carbocycles. The van der Waals surface area contributed by atoms with Gasteiger partial charge in [-0.3, -0.25) is 4.79 Å². The summed E-state index contributed by atoms with van der Waals surface area (Å²) in [5.74, 6) is 1.61. The van der Waals surface area contributed by atoms with Gasteiger partial charge in [-0.2, -0.15) is 0 Å². The summed E-state index contributed by atoms with van der Waals surface area (Å²) in [6, 6.07) is -0.164. The number of aryl methyl sites for hydroxylation is 1. The third-order valence-corrected chi connectivity index (χ3v) is 4.27. The van der Waals surface area contributed by atoms with E-state index < -0.39 is 0 Å². The van der Waals surface area contributed by atoms with Gasteiger partial charge in [-0.25, -0.2) is 9.97 Å². The molecule has 1 fully saturated rings. The van der Waals surface area contributed by atoms with Crippen LogP contribution >= 0.6 is 11.6 Å². The molecule has 5 nitrogen and oxygen atoms in total. The number of hydrogen-bond donors (Lipinski definition) is 1. The smallest absolute Gasteiger partial charge is 0.242 e. The Morgan fingerprint density at radius 2 is 2.19 bits per heavy atom. The van der Waals surface area contributed by atoms with Crippen LogP contribution in [0.1, 0.15) is 44.0 Å². The average Bonchev–Trinajstić information content (AvgIpc) is 2.50. The molecule has 1 aliphatic heterocycles. The van der Waals surface area contributed by atoms with Crippen molar-refractivity contribution in [3.8, 4) is 0 Å². The second-order valence-corrected chi connectivity index (χ2v) is 5.81. The minimum absolute atomic E-state index is 0.0425. The fourth-order valence-electron chi connectivity index (χ4n) is 2.76. The number of piperidine rings is 1. The number of anilines is 1.